The molecule has 2 heterocycles. The van der Waals surface area contributed by atoms with Gasteiger partial charge in [0.2, 0.25) is 0 Å². The lowest BCUT2D eigenvalue weighted by atomic mass is 10.0. The summed E-state index contributed by atoms with van der Waals surface area (Å²) in [4.78, 5) is 20.4. The summed E-state index contributed by atoms with van der Waals surface area (Å²) in [6, 6.07) is 18.5. The quantitative estimate of drug-likeness (QED) is 0.602. The number of carboxylic acid groups (broad SMARTS) is 1. The van der Waals surface area contributed by atoms with Crippen molar-refractivity contribution in [2.24, 2.45) is 0 Å². The third-order valence-electron chi connectivity index (χ3n) is 5.89. The smallest absolute Gasteiger partial charge is 0.339 e. The number of aromatic nitrogens is 1. The summed E-state index contributed by atoms with van der Waals surface area (Å²) in [5.41, 5.74) is 3.51. The fourth-order valence-electron chi connectivity index (χ4n) is 4.27. The van der Waals surface area contributed by atoms with Gasteiger partial charge in [-0.3, -0.25) is 4.90 Å². The first-order chi connectivity index (χ1) is 15.0. The summed E-state index contributed by atoms with van der Waals surface area (Å²) in [6.07, 6.45) is 2.61. The first-order valence-electron chi connectivity index (χ1n) is 10.6. The fraction of sp³-hybridized carbons (Fsp3) is 0.280. The predicted octanol–water partition coefficient (Wildman–Crippen LogP) is 4.69. The van der Waals surface area contributed by atoms with Crippen LogP contribution in [-0.2, 0) is 6.54 Å². The van der Waals surface area contributed by atoms with Gasteiger partial charge in [-0.05, 0) is 60.0 Å². The van der Waals surface area contributed by atoms with Crippen LogP contribution in [0.25, 0.3) is 11.1 Å². The second kappa shape index (κ2) is 9.27. The topological polar surface area (TPSA) is 56.7 Å². The van der Waals surface area contributed by atoms with Crippen LogP contribution in [0.5, 0.6) is 0 Å². The molecule has 0 aliphatic carbocycles. The van der Waals surface area contributed by atoms with Gasteiger partial charge in [0.1, 0.15) is 17.2 Å². The third-order valence-corrected chi connectivity index (χ3v) is 5.89. The number of halogens is 1. The SMILES string of the molecule is CCN(Cc1cccc(-c2ccc(F)cc2)c1)[C@@H]1CCN(c2ncccc2C(=O)O)C1. The molecule has 0 amide bonds. The van der Waals surface area contributed by atoms with E-state index in [2.05, 4.69) is 33.8 Å². The van der Waals surface area contributed by atoms with Gasteiger partial charge in [0.05, 0.1) is 0 Å². The van der Waals surface area contributed by atoms with Crippen LogP contribution in [0.15, 0.2) is 66.9 Å². The van der Waals surface area contributed by atoms with Crippen molar-refractivity contribution in [1.82, 2.24) is 9.88 Å². The number of rotatable bonds is 7. The molecule has 2 aromatic carbocycles. The van der Waals surface area contributed by atoms with E-state index in [1.807, 2.05) is 12.1 Å². The van der Waals surface area contributed by atoms with Gasteiger partial charge < -0.3 is 10.0 Å². The van der Waals surface area contributed by atoms with E-state index in [-0.39, 0.29) is 11.4 Å². The summed E-state index contributed by atoms with van der Waals surface area (Å²) in [5.74, 6) is -0.634. The predicted molar refractivity (Wildman–Crippen MR) is 120 cm³/mol. The van der Waals surface area contributed by atoms with Crippen molar-refractivity contribution < 1.29 is 14.3 Å². The zero-order chi connectivity index (χ0) is 21.8. The van der Waals surface area contributed by atoms with Crippen LogP contribution < -0.4 is 4.90 Å². The lowest BCUT2D eigenvalue weighted by Gasteiger charge is -2.28. The van der Waals surface area contributed by atoms with Crippen LogP contribution in [0.2, 0.25) is 0 Å². The van der Waals surface area contributed by atoms with E-state index in [0.29, 0.717) is 11.9 Å². The van der Waals surface area contributed by atoms with Gasteiger partial charge in [-0.15, -0.1) is 0 Å². The molecule has 1 aliphatic heterocycles. The van der Waals surface area contributed by atoms with Crippen LogP contribution >= 0.6 is 0 Å². The largest absolute Gasteiger partial charge is 0.478 e. The van der Waals surface area contributed by atoms with Gasteiger partial charge in [-0.1, -0.05) is 37.3 Å². The number of likely N-dealkylation sites (N-methyl/N-ethyl adjacent to an activating group) is 1. The van der Waals surface area contributed by atoms with Crippen LogP contribution in [0.4, 0.5) is 10.2 Å². The van der Waals surface area contributed by atoms with Gasteiger partial charge in [0.25, 0.3) is 0 Å². The van der Waals surface area contributed by atoms with E-state index >= 15 is 0 Å². The van der Waals surface area contributed by atoms with E-state index in [1.54, 1.807) is 30.5 Å². The average molecular weight is 420 g/mol. The highest BCUT2D eigenvalue weighted by atomic mass is 19.1. The van der Waals surface area contributed by atoms with Crippen molar-refractivity contribution in [1.29, 1.82) is 0 Å². The molecular formula is C25H26FN3O2. The van der Waals surface area contributed by atoms with Crippen molar-refractivity contribution in [2.75, 3.05) is 24.5 Å². The molecule has 1 saturated heterocycles. The van der Waals surface area contributed by atoms with Crippen molar-refractivity contribution in [2.45, 2.75) is 25.9 Å². The number of carboxylic acids is 1. The summed E-state index contributed by atoms with van der Waals surface area (Å²) in [6.45, 7) is 5.39. The van der Waals surface area contributed by atoms with Gasteiger partial charge in [0.15, 0.2) is 0 Å². The Morgan fingerprint density at radius 3 is 2.71 bits per heavy atom. The highest BCUT2D eigenvalue weighted by Crippen LogP contribution is 2.26. The first-order valence-corrected chi connectivity index (χ1v) is 10.6. The Bertz CT molecular complexity index is 1050. The van der Waals surface area contributed by atoms with E-state index in [1.165, 1.54) is 17.7 Å². The Labute approximate surface area is 181 Å². The van der Waals surface area contributed by atoms with Crippen molar-refractivity contribution >= 4 is 11.8 Å². The zero-order valence-corrected chi connectivity index (χ0v) is 17.5. The van der Waals surface area contributed by atoms with E-state index < -0.39 is 5.97 Å². The third kappa shape index (κ3) is 4.75. The molecule has 1 atom stereocenters. The molecule has 0 bridgehead atoms. The molecule has 6 heteroatoms. The number of carbonyl (C=O) groups is 1. The Kier molecular flexibility index (Phi) is 6.28. The first kappa shape index (κ1) is 21.0. The number of pyridine rings is 1. The highest BCUT2D eigenvalue weighted by molar-refractivity contribution is 5.93. The molecule has 1 aliphatic rings. The molecule has 0 unspecified atom stereocenters. The van der Waals surface area contributed by atoms with E-state index in [4.69, 9.17) is 0 Å². The molecule has 1 aromatic heterocycles. The molecule has 0 spiro atoms. The molecular weight excluding hydrogens is 393 g/mol. The molecule has 1 N–H and O–H groups in total. The number of nitrogens with zero attached hydrogens (tertiary/aromatic N) is 3. The number of hydrogen-bond acceptors (Lipinski definition) is 4. The van der Waals surface area contributed by atoms with Crippen LogP contribution in [0.3, 0.4) is 0 Å². The Hall–Kier alpha value is -3.25. The maximum absolute atomic E-state index is 13.2. The maximum Gasteiger partial charge on any atom is 0.339 e. The van der Waals surface area contributed by atoms with Crippen LogP contribution in [-0.4, -0.2) is 46.6 Å². The van der Waals surface area contributed by atoms with Crippen molar-refractivity contribution in [3.05, 3.63) is 83.8 Å². The lowest BCUT2D eigenvalue weighted by Crippen LogP contribution is -2.37. The molecule has 5 nitrogen and oxygen atoms in total. The normalized spacial score (nSPS) is 16.1. The second-order valence-electron chi connectivity index (χ2n) is 7.84. The van der Waals surface area contributed by atoms with E-state index in [9.17, 15) is 14.3 Å². The van der Waals surface area contributed by atoms with Gasteiger partial charge >= 0.3 is 5.97 Å². The molecule has 31 heavy (non-hydrogen) atoms. The Morgan fingerprint density at radius 2 is 1.97 bits per heavy atom. The number of hydrogen-bond donors (Lipinski definition) is 1. The van der Waals surface area contributed by atoms with Gasteiger partial charge in [0, 0.05) is 31.9 Å². The summed E-state index contributed by atoms with van der Waals surface area (Å²) >= 11 is 0. The number of anilines is 1. The summed E-state index contributed by atoms with van der Waals surface area (Å²) in [5, 5.41) is 9.48. The standard InChI is InChI=1S/C25H26FN3O2/c1-2-28(16-18-5-3-6-20(15-18)19-8-10-21(26)11-9-19)22-12-14-29(17-22)24-23(25(30)31)7-4-13-27-24/h3-11,13,15,22H,2,12,14,16-17H2,1H3,(H,30,31)/t22-/m1/s1. The summed E-state index contributed by atoms with van der Waals surface area (Å²) < 4.78 is 13.2. The second-order valence-corrected chi connectivity index (χ2v) is 7.84. The van der Waals surface area contributed by atoms with Crippen molar-refractivity contribution in [3.8, 4) is 11.1 Å². The maximum atomic E-state index is 13.2. The lowest BCUT2D eigenvalue weighted by molar-refractivity contribution is 0.0697. The molecule has 0 radical (unpaired) electrons. The zero-order valence-electron chi connectivity index (χ0n) is 17.5. The molecule has 160 valence electrons. The molecule has 4 rings (SSSR count). The minimum atomic E-state index is -0.948. The number of benzene rings is 2. The number of aromatic carboxylic acids is 1. The molecule has 3 aromatic rings. The minimum absolute atomic E-state index is 0.234. The Balaban J connectivity index is 1.48. The van der Waals surface area contributed by atoms with Gasteiger partial charge in [-0.2, -0.15) is 0 Å². The van der Waals surface area contributed by atoms with E-state index in [0.717, 1.165) is 43.7 Å². The summed E-state index contributed by atoms with van der Waals surface area (Å²) in [7, 11) is 0. The van der Waals surface area contributed by atoms with Crippen molar-refractivity contribution in [3.63, 3.8) is 0 Å². The molecule has 0 saturated carbocycles. The fourth-order valence-corrected chi connectivity index (χ4v) is 4.27. The monoisotopic (exact) mass is 419 g/mol. The molecule has 1 fully saturated rings. The minimum Gasteiger partial charge on any atom is -0.478 e. The average Bonchev–Trinajstić information content (AvgIpc) is 3.28. The van der Waals surface area contributed by atoms with Crippen LogP contribution in [0.1, 0.15) is 29.3 Å². The highest BCUT2D eigenvalue weighted by Gasteiger charge is 2.30. The van der Waals surface area contributed by atoms with Gasteiger partial charge in [-0.25, -0.2) is 14.2 Å². The Morgan fingerprint density at radius 1 is 1.16 bits per heavy atom. The van der Waals surface area contributed by atoms with Crippen LogP contribution in [0, 0.1) is 5.82 Å².